The van der Waals surface area contributed by atoms with Gasteiger partial charge in [-0.2, -0.15) is 0 Å². The van der Waals surface area contributed by atoms with Crippen LogP contribution in [-0.4, -0.2) is 67.1 Å². The maximum Gasteiger partial charge on any atom is 0.331 e. The molecule has 0 saturated carbocycles. The molecule has 9 heteroatoms. The summed E-state index contributed by atoms with van der Waals surface area (Å²) in [6, 6.07) is 14.8. The SMILES string of the molecule is COc1ccnc(C(=O)N[C@H]2COC[C@H](Cc3cccc4ccccc34)[C@@H](OCC(C)C)[C@H](C)OC2=O)c1O. The maximum atomic E-state index is 13.1. The Balaban J connectivity index is 1.56. The molecule has 2 N–H and O–H groups in total. The van der Waals surface area contributed by atoms with Crippen molar-refractivity contribution >= 4 is 22.6 Å². The Morgan fingerprint density at radius 3 is 2.69 bits per heavy atom. The number of ether oxygens (including phenoxy) is 4. The number of benzene rings is 2. The Labute approximate surface area is 228 Å². The highest BCUT2D eigenvalue weighted by Gasteiger charge is 2.36. The largest absolute Gasteiger partial charge is 0.503 e. The molecular formula is C30H36N2O7. The van der Waals surface area contributed by atoms with Gasteiger partial charge in [-0.1, -0.05) is 56.3 Å². The number of pyridine rings is 1. The van der Waals surface area contributed by atoms with Crippen molar-refractivity contribution in [2.45, 2.75) is 45.4 Å². The van der Waals surface area contributed by atoms with Crippen molar-refractivity contribution in [2.24, 2.45) is 11.8 Å². The highest BCUT2D eigenvalue weighted by atomic mass is 16.6. The maximum absolute atomic E-state index is 13.1. The molecule has 208 valence electrons. The first-order chi connectivity index (χ1) is 18.8. The minimum absolute atomic E-state index is 0.0958. The number of cyclic esters (lactones) is 1. The van der Waals surface area contributed by atoms with Gasteiger partial charge in [-0.15, -0.1) is 0 Å². The molecule has 1 aliphatic rings. The van der Waals surface area contributed by atoms with Crippen molar-refractivity contribution in [1.29, 1.82) is 0 Å². The van der Waals surface area contributed by atoms with E-state index < -0.39 is 35.9 Å². The van der Waals surface area contributed by atoms with Gasteiger partial charge in [0.2, 0.25) is 0 Å². The Hall–Kier alpha value is -3.69. The van der Waals surface area contributed by atoms with Crippen LogP contribution in [0.5, 0.6) is 11.5 Å². The van der Waals surface area contributed by atoms with Crippen molar-refractivity contribution in [3.8, 4) is 11.5 Å². The summed E-state index contributed by atoms with van der Waals surface area (Å²) in [5.41, 5.74) is 0.893. The highest BCUT2D eigenvalue weighted by Crippen LogP contribution is 2.29. The number of hydrogen-bond acceptors (Lipinski definition) is 8. The lowest BCUT2D eigenvalue weighted by molar-refractivity contribution is -0.160. The molecule has 1 fully saturated rings. The second kappa shape index (κ2) is 12.9. The summed E-state index contributed by atoms with van der Waals surface area (Å²) < 4.78 is 23.2. The van der Waals surface area contributed by atoms with Crippen molar-refractivity contribution in [3.63, 3.8) is 0 Å². The second-order valence-electron chi connectivity index (χ2n) is 10.2. The number of carbonyl (C=O) groups is 2. The second-order valence-corrected chi connectivity index (χ2v) is 10.2. The topological polar surface area (TPSA) is 116 Å². The number of aromatic hydroxyl groups is 1. The van der Waals surface area contributed by atoms with E-state index >= 15 is 0 Å². The molecule has 0 unspecified atom stereocenters. The van der Waals surface area contributed by atoms with Crippen molar-refractivity contribution in [3.05, 3.63) is 66.0 Å². The first-order valence-electron chi connectivity index (χ1n) is 13.2. The molecule has 2 heterocycles. The van der Waals surface area contributed by atoms with E-state index in [0.29, 0.717) is 19.6 Å². The van der Waals surface area contributed by atoms with Crippen LogP contribution in [0, 0.1) is 11.8 Å². The molecule has 39 heavy (non-hydrogen) atoms. The quantitative estimate of drug-likeness (QED) is 0.417. The minimum Gasteiger partial charge on any atom is -0.503 e. The number of fused-ring (bicyclic) bond motifs is 1. The number of nitrogens with zero attached hydrogens (tertiary/aromatic N) is 1. The molecular weight excluding hydrogens is 500 g/mol. The average molecular weight is 537 g/mol. The fourth-order valence-electron chi connectivity index (χ4n) is 4.81. The molecule has 1 saturated heterocycles. The van der Waals surface area contributed by atoms with Crippen molar-refractivity contribution < 1.29 is 33.6 Å². The molecule has 3 aromatic rings. The van der Waals surface area contributed by atoms with Gasteiger partial charge in [-0.3, -0.25) is 4.79 Å². The monoisotopic (exact) mass is 536 g/mol. The summed E-state index contributed by atoms with van der Waals surface area (Å²) >= 11 is 0. The van der Waals surface area contributed by atoms with Gasteiger partial charge >= 0.3 is 5.97 Å². The van der Waals surface area contributed by atoms with Gasteiger partial charge in [0.1, 0.15) is 6.10 Å². The van der Waals surface area contributed by atoms with Gasteiger partial charge in [-0.25, -0.2) is 9.78 Å². The van der Waals surface area contributed by atoms with Gasteiger partial charge in [0.05, 0.1) is 26.4 Å². The standard InChI is InChI=1S/C30H36N2O7/c1-18(2)15-38-28-19(3)39-30(35)24(32-29(34)26-27(33)25(36-4)12-13-31-26)17-37-16-22(28)14-21-10-7-9-20-8-5-6-11-23(20)21/h5-13,18-19,22,24,28,33H,14-17H2,1-4H3,(H,32,34)/t19-,22-,24-,28-/m0/s1. The summed E-state index contributed by atoms with van der Waals surface area (Å²) in [6.45, 7) is 6.62. The Bertz CT molecular complexity index is 1290. The summed E-state index contributed by atoms with van der Waals surface area (Å²) in [4.78, 5) is 30.0. The third kappa shape index (κ3) is 6.85. The minimum atomic E-state index is -1.10. The van der Waals surface area contributed by atoms with E-state index in [1.54, 1.807) is 6.92 Å². The van der Waals surface area contributed by atoms with Crippen LogP contribution in [0.1, 0.15) is 36.8 Å². The lowest BCUT2D eigenvalue weighted by Gasteiger charge is -2.31. The molecule has 0 bridgehead atoms. The zero-order valence-electron chi connectivity index (χ0n) is 22.8. The number of methoxy groups -OCH3 is 1. The van der Waals surface area contributed by atoms with E-state index in [9.17, 15) is 14.7 Å². The molecule has 9 nitrogen and oxygen atoms in total. The number of esters is 1. The van der Waals surface area contributed by atoms with Crippen molar-refractivity contribution in [1.82, 2.24) is 10.3 Å². The zero-order chi connectivity index (χ0) is 27.9. The summed E-state index contributed by atoms with van der Waals surface area (Å²) in [5, 5.41) is 15.2. The van der Waals surface area contributed by atoms with Gasteiger partial charge < -0.3 is 29.4 Å². The smallest absolute Gasteiger partial charge is 0.331 e. The lowest BCUT2D eigenvalue weighted by atomic mass is 9.89. The molecule has 0 aliphatic carbocycles. The molecule has 1 aromatic heterocycles. The first-order valence-corrected chi connectivity index (χ1v) is 13.2. The molecule has 4 atom stereocenters. The van der Waals surface area contributed by atoms with Crippen LogP contribution in [-0.2, 0) is 25.4 Å². The molecule has 1 aliphatic heterocycles. The fraction of sp³-hybridized carbons (Fsp3) is 0.433. The summed E-state index contributed by atoms with van der Waals surface area (Å²) in [7, 11) is 1.37. The summed E-state index contributed by atoms with van der Waals surface area (Å²) in [6.07, 6.45) is 0.974. The van der Waals surface area contributed by atoms with E-state index in [2.05, 4.69) is 48.4 Å². The molecule has 0 radical (unpaired) electrons. The third-order valence-electron chi connectivity index (χ3n) is 6.74. The van der Waals surface area contributed by atoms with Crippen LogP contribution < -0.4 is 10.1 Å². The molecule has 2 aromatic carbocycles. The first kappa shape index (κ1) is 28.3. The lowest BCUT2D eigenvalue weighted by Crippen LogP contribution is -2.46. The van der Waals surface area contributed by atoms with E-state index in [-0.39, 0.29) is 29.9 Å². The van der Waals surface area contributed by atoms with E-state index in [1.165, 1.54) is 19.4 Å². The number of amides is 1. The van der Waals surface area contributed by atoms with Crippen molar-refractivity contribution in [2.75, 3.05) is 26.9 Å². The van der Waals surface area contributed by atoms with E-state index in [0.717, 1.165) is 16.3 Å². The third-order valence-corrected chi connectivity index (χ3v) is 6.74. The predicted octanol–water partition coefficient (Wildman–Crippen LogP) is 3.91. The molecule has 4 rings (SSSR count). The van der Waals surface area contributed by atoms with Crippen LogP contribution in [0.3, 0.4) is 0 Å². The fourth-order valence-corrected chi connectivity index (χ4v) is 4.81. The summed E-state index contributed by atoms with van der Waals surface area (Å²) in [5.74, 6) is -1.55. The van der Waals surface area contributed by atoms with Gasteiger partial charge in [0.25, 0.3) is 5.91 Å². The predicted molar refractivity (Wildman–Crippen MR) is 146 cm³/mol. The van der Waals surface area contributed by atoms with Crippen LogP contribution in [0.15, 0.2) is 54.7 Å². The Morgan fingerprint density at radius 1 is 1.15 bits per heavy atom. The van der Waals surface area contributed by atoms with Crippen LogP contribution in [0.25, 0.3) is 10.8 Å². The number of carbonyl (C=O) groups excluding carboxylic acids is 2. The molecule has 1 amide bonds. The van der Waals surface area contributed by atoms with E-state index in [4.69, 9.17) is 18.9 Å². The number of nitrogens with one attached hydrogen (secondary N) is 1. The van der Waals surface area contributed by atoms with Crippen LogP contribution in [0.2, 0.25) is 0 Å². The zero-order valence-corrected chi connectivity index (χ0v) is 22.8. The highest BCUT2D eigenvalue weighted by molar-refractivity contribution is 5.98. The number of aromatic nitrogens is 1. The molecule has 0 spiro atoms. The number of rotatable bonds is 8. The van der Waals surface area contributed by atoms with Crippen LogP contribution in [0.4, 0.5) is 0 Å². The number of hydrogen-bond donors (Lipinski definition) is 2. The van der Waals surface area contributed by atoms with Gasteiger partial charge in [0.15, 0.2) is 23.2 Å². The average Bonchev–Trinajstić information content (AvgIpc) is 2.96. The van der Waals surface area contributed by atoms with Gasteiger partial charge in [0, 0.05) is 24.8 Å². The van der Waals surface area contributed by atoms with E-state index in [1.807, 2.05) is 18.2 Å². The van der Waals surface area contributed by atoms with Gasteiger partial charge in [-0.05, 0) is 35.6 Å². The Morgan fingerprint density at radius 2 is 1.92 bits per heavy atom. The normalized spacial score (nSPS) is 22.0. The Kier molecular flexibility index (Phi) is 9.37. The van der Waals surface area contributed by atoms with Crippen LogP contribution >= 0.6 is 0 Å².